The lowest BCUT2D eigenvalue weighted by atomic mass is 10.2. The summed E-state index contributed by atoms with van der Waals surface area (Å²) in [6, 6.07) is 0.982. The molecule has 0 bridgehead atoms. The minimum atomic E-state index is -1.13. The number of hydrogen-bond acceptors (Lipinski definition) is 7. The molecule has 0 saturated heterocycles. The first-order chi connectivity index (χ1) is 12.8. The molecule has 10 nitrogen and oxygen atoms in total. The van der Waals surface area contributed by atoms with E-state index in [2.05, 4.69) is 15.4 Å². The SMILES string of the molecule is Cc1c(C(=O)O)sc2ncn(C(C)C(=O)Nc3c(C#N)cnn3C)c(=O)c12. The minimum Gasteiger partial charge on any atom is -0.477 e. The van der Waals surface area contributed by atoms with Crippen LogP contribution in [-0.2, 0) is 11.8 Å². The van der Waals surface area contributed by atoms with Gasteiger partial charge in [-0.25, -0.2) is 9.78 Å². The number of nitriles is 1. The van der Waals surface area contributed by atoms with Gasteiger partial charge in [0, 0.05) is 7.05 Å². The van der Waals surface area contributed by atoms with Crippen molar-refractivity contribution in [2.24, 2.45) is 7.05 Å². The second kappa shape index (κ2) is 6.65. The topological polar surface area (TPSA) is 143 Å². The number of nitrogens with zero attached hydrogens (tertiary/aromatic N) is 5. The van der Waals surface area contributed by atoms with E-state index in [0.717, 1.165) is 15.9 Å². The van der Waals surface area contributed by atoms with Gasteiger partial charge in [-0.2, -0.15) is 10.4 Å². The van der Waals surface area contributed by atoms with Crippen molar-refractivity contribution in [3.63, 3.8) is 0 Å². The van der Waals surface area contributed by atoms with Crippen LogP contribution in [-0.4, -0.2) is 36.3 Å². The van der Waals surface area contributed by atoms with Crippen molar-refractivity contribution < 1.29 is 14.7 Å². The summed E-state index contributed by atoms with van der Waals surface area (Å²) < 4.78 is 2.47. The Morgan fingerprint density at radius 3 is 2.78 bits per heavy atom. The standard InChI is InChI=1S/C16H14N6O4S/c1-7-10-14(27-11(7)16(25)26)18-6-22(15(10)24)8(2)13(23)20-12-9(4-17)5-19-21(12)3/h5-6,8H,1-3H3,(H,20,23)(H,25,26). The van der Waals surface area contributed by atoms with Gasteiger partial charge in [0.25, 0.3) is 5.56 Å². The van der Waals surface area contributed by atoms with Gasteiger partial charge in [-0.15, -0.1) is 11.3 Å². The molecule has 27 heavy (non-hydrogen) atoms. The third-order valence-corrected chi connectivity index (χ3v) is 5.36. The monoisotopic (exact) mass is 386 g/mol. The van der Waals surface area contributed by atoms with Gasteiger partial charge < -0.3 is 10.4 Å². The van der Waals surface area contributed by atoms with Crippen molar-refractivity contribution in [1.82, 2.24) is 19.3 Å². The van der Waals surface area contributed by atoms with Crippen LogP contribution in [0.25, 0.3) is 10.2 Å². The molecule has 1 unspecified atom stereocenters. The molecule has 3 aromatic rings. The lowest BCUT2D eigenvalue weighted by Gasteiger charge is -2.15. The van der Waals surface area contributed by atoms with Crippen LogP contribution in [0.15, 0.2) is 17.3 Å². The van der Waals surface area contributed by atoms with E-state index in [4.69, 9.17) is 5.26 Å². The Morgan fingerprint density at radius 2 is 2.15 bits per heavy atom. The third-order valence-electron chi connectivity index (χ3n) is 4.17. The van der Waals surface area contributed by atoms with Crippen LogP contribution >= 0.6 is 11.3 Å². The smallest absolute Gasteiger partial charge is 0.346 e. The van der Waals surface area contributed by atoms with E-state index in [1.165, 1.54) is 31.1 Å². The summed E-state index contributed by atoms with van der Waals surface area (Å²) in [5.74, 6) is -1.45. The Balaban J connectivity index is 2.00. The zero-order chi connectivity index (χ0) is 19.9. The first kappa shape index (κ1) is 18.3. The van der Waals surface area contributed by atoms with Crippen molar-refractivity contribution in [1.29, 1.82) is 5.26 Å². The number of thiophene rings is 1. The molecular formula is C16H14N6O4S. The second-order valence-electron chi connectivity index (χ2n) is 5.81. The number of fused-ring (bicyclic) bond motifs is 1. The molecule has 11 heteroatoms. The Kier molecular flexibility index (Phi) is 4.50. The fourth-order valence-corrected chi connectivity index (χ4v) is 3.61. The molecule has 0 aliphatic heterocycles. The summed E-state index contributed by atoms with van der Waals surface area (Å²) in [6.45, 7) is 3.04. The number of aromatic carboxylic acids is 1. The molecular weight excluding hydrogens is 372 g/mol. The average molecular weight is 386 g/mol. The molecule has 3 heterocycles. The van der Waals surface area contributed by atoms with E-state index in [-0.39, 0.29) is 21.6 Å². The summed E-state index contributed by atoms with van der Waals surface area (Å²) in [7, 11) is 1.57. The number of carboxylic acids is 1. The summed E-state index contributed by atoms with van der Waals surface area (Å²) in [6.07, 6.45) is 2.53. The zero-order valence-corrected chi connectivity index (χ0v) is 15.4. The van der Waals surface area contributed by atoms with Gasteiger partial charge in [-0.1, -0.05) is 0 Å². The number of aromatic nitrogens is 4. The van der Waals surface area contributed by atoms with Crippen LogP contribution in [0.2, 0.25) is 0 Å². The molecule has 3 aromatic heterocycles. The molecule has 3 rings (SSSR count). The largest absolute Gasteiger partial charge is 0.477 e. The van der Waals surface area contributed by atoms with Crippen LogP contribution in [0.3, 0.4) is 0 Å². The van der Waals surface area contributed by atoms with Crippen molar-refractivity contribution in [3.8, 4) is 6.07 Å². The normalized spacial score (nSPS) is 11.9. The predicted molar refractivity (Wildman–Crippen MR) is 96.8 cm³/mol. The highest BCUT2D eigenvalue weighted by Crippen LogP contribution is 2.27. The lowest BCUT2D eigenvalue weighted by molar-refractivity contribution is -0.118. The number of aryl methyl sites for hydroxylation is 2. The van der Waals surface area contributed by atoms with Crippen LogP contribution in [0, 0.1) is 18.3 Å². The number of amides is 1. The third kappa shape index (κ3) is 2.96. The fraction of sp³-hybridized carbons (Fsp3) is 0.250. The van der Waals surface area contributed by atoms with E-state index in [1.807, 2.05) is 6.07 Å². The maximum Gasteiger partial charge on any atom is 0.346 e. The minimum absolute atomic E-state index is 0.0398. The Labute approximate surface area is 156 Å². The van der Waals surface area contributed by atoms with Crippen molar-refractivity contribution in [2.75, 3.05) is 5.32 Å². The number of nitrogens with one attached hydrogen (secondary N) is 1. The number of rotatable bonds is 4. The number of carbonyl (C=O) groups excluding carboxylic acids is 1. The molecule has 1 atom stereocenters. The van der Waals surface area contributed by atoms with Gasteiger partial charge in [-0.3, -0.25) is 18.8 Å². The zero-order valence-electron chi connectivity index (χ0n) is 14.5. The number of anilines is 1. The number of carboxylic acid groups (broad SMARTS) is 1. The second-order valence-corrected chi connectivity index (χ2v) is 6.81. The highest BCUT2D eigenvalue weighted by molar-refractivity contribution is 7.20. The van der Waals surface area contributed by atoms with Crippen LogP contribution in [0.1, 0.15) is 33.8 Å². The number of hydrogen-bond donors (Lipinski definition) is 2. The molecule has 0 spiro atoms. The predicted octanol–water partition coefficient (Wildman–Crippen LogP) is 1.27. The van der Waals surface area contributed by atoms with Gasteiger partial charge in [-0.05, 0) is 19.4 Å². The molecule has 0 radical (unpaired) electrons. The summed E-state index contributed by atoms with van der Waals surface area (Å²) in [5.41, 5.74) is 0.00789. The van der Waals surface area contributed by atoms with E-state index in [1.54, 1.807) is 7.05 Å². The van der Waals surface area contributed by atoms with Crippen molar-refractivity contribution in [2.45, 2.75) is 19.9 Å². The lowest BCUT2D eigenvalue weighted by Crippen LogP contribution is -2.32. The highest BCUT2D eigenvalue weighted by atomic mass is 32.1. The van der Waals surface area contributed by atoms with Gasteiger partial charge >= 0.3 is 5.97 Å². The fourth-order valence-electron chi connectivity index (χ4n) is 2.63. The molecule has 1 amide bonds. The Bertz CT molecular complexity index is 1180. The van der Waals surface area contributed by atoms with E-state index in [9.17, 15) is 19.5 Å². The average Bonchev–Trinajstić information content (AvgIpc) is 3.15. The van der Waals surface area contributed by atoms with E-state index < -0.39 is 23.5 Å². The van der Waals surface area contributed by atoms with Crippen LogP contribution < -0.4 is 10.9 Å². The first-order valence-electron chi connectivity index (χ1n) is 7.72. The van der Waals surface area contributed by atoms with Crippen molar-refractivity contribution in [3.05, 3.63) is 38.9 Å². The molecule has 0 aliphatic carbocycles. The maximum absolute atomic E-state index is 12.8. The Hall–Kier alpha value is -3.52. The number of carbonyl (C=O) groups is 2. The van der Waals surface area contributed by atoms with Gasteiger partial charge in [0.2, 0.25) is 5.91 Å². The van der Waals surface area contributed by atoms with Gasteiger partial charge in [0.1, 0.15) is 33.2 Å². The maximum atomic E-state index is 12.8. The van der Waals surface area contributed by atoms with Gasteiger partial charge in [0.05, 0.1) is 17.9 Å². The molecule has 0 aliphatic rings. The van der Waals surface area contributed by atoms with Crippen LogP contribution in [0.4, 0.5) is 5.82 Å². The van der Waals surface area contributed by atoms with E-state index >= 15 is 0 Å². The molecule has 0 saturated carbocycles. The first-order valence-corrected chi connectivity index (χ1v) is 8.54. The van der Waals surface area contributed by atoms with Crippen LogP contribution in [0.5, 0.6) is 0 Å². The molecule has 138 valence electrons. The summed E-state index contributed by atoms with van der Waals surface area (Å²) in [5, 5.41) is 25.0. The summed E-state index contributed by atoms with van der Waals surface area (Å²) >= 11 is 0.913. The Morgan fingerprint density at radius 1 is 1.44 bits per heavy atom. The molecule has 0 fully saturated rings. The van der Waals surface area contributed by atoms with Crippen molar-refractivity contribution >= 4 is 39.2 Å². The summed E-state index contributed by atoms with van der Waals surface area (Å²) in [4.78, 5) is 41.1. The quantitative estimate of drug-likeness (QED) is 0.687. The molecule has 0 aromatic carbocycles. The molecule has 2 N–H and O–H groups in total. The van der Waals surface area contributed by atoms with E-state index in [0.29, 0.717) is 10.4 Å². The van der Waals surface area contributed by atoms with Gasteiger partial charge in [0.15, 0.2) is 0 Å². The highest BCUT2D eigenvalue weighted by Gasteiger charge is 2.23.